The van der Waals surface area contributed by atoms with Crippen molar-refractivity contribution in [1.82, 2.24) is 15.1 Å². The van der Waals surface area contributed by atoms with E-state index >= 15 is 0 Å². The molecule has 10 heteroatoms. The second kappa shape index (κ2) is 9.17. The number of halogens is 3. The van der Waals surface area contributed by atoms with Crippen molar-refractivity contribution in [3.05, 3.63) is 41.2 Å². The van der Waals surface area contributed by atoms with Crippen LogP contribution in [0.4, 0.5) is 13.2 Å². The van der Waals surface area contributed by atoms with Crippen molar-refractivity contribution in [3.63, 3.8) is 0 Å². The molecule has 29 heavy (non-hydrogen) atoms. The molecule has 2 aromatic rings. The van der Waals surface area contributed by atoms with Crippen molar-refractivity contribution in [2.24, 2.45) is 0 Å². The van der Waals surface area contributed by atoms with Gasteiger partial charge in [-0.05, 0) is 31.2 Å². The normalized spacial score (nSPS) is 13.7. The number of rotatable bonds is 8. The third-order valence-electron chi connectivity index (χ3n) is 4.32. The Morgan fingerprint density at radius 3 is 2.59 bits per heavy atom. The second-order valence-electron chi connectivity index (χ2n) is 6.34. The lowest BCUT2D eigenvalue weighted by atomic mass is 10.1. The van der Waals surface area contributed by atoms with E-state index in [0.29, 0.717) is 36.8 Å². The molecule has 3 rings (SSSR count). The molecule has 1 N–H and O–H groups in total. The minimum absolute atomic E-state index is 0.0777. The predicted octanol–water partition coefficient (Wildman–Crippen LogP) is 2.57. The molecule has 0 radical (unpaired) electrons. The fourth-order valence-corrected chi connectivity index (χ4v) is 3.02. The number of aromatic nitrogens is 2. The molecule has 0 saturated heterocycles. The van der Waals surface area contributed by atoms with Gasteiger partial charge >= 0.3 is 6.18 Å². The number of hydrogen-bond donors (Lipinski definition) is 1. The number of carbonyl (C=O) groups is 1. The Balaban J connectivity index is 1.49. The Labute approximate surface area is 165 Å². The van der Waals surface area contributed by atoms with Crippen molar-refractivity contribution in [3.8, 4) is 11.5 Å². The zero-order valence-electron chi connectivity index (χ0n) is 15.9. The van der Waals surface area contributed by atoms with Gasteiger partial charge in [0.05, 0.1) is 26.4 Å². The standard InChI is InChI=1S/C19H22F3N3O4/c1-2-28-13-3-5-14(6-4-13)29-12-17(26)23-8-9-25-16-7-10-27-11-15(16)18(24-25)19(20,21)22/h3-6H,2,7-12H2,1H3,(H,23,26). The number of benzene rings is 1. The van der Waals surface area contributed by atoms with Crippen LogP contribution in [0.1, 0.15) is 23.9 Å². The van der Waals surface area contributed by atoms with Crippen LogP contribution in [0.5, 0.6) is 11.5 Å². The van der Waals surface area contributed by atoms with Crippen molar-refractivity contribution < 1.29 is 32.2 Å². The molecular weight excluding hydrogens is 391 g/mol. The highest BCUT2D eigenvalue weighted by Crippen LogP contribution is 2.34. The maximum atomic E-state index is 13.1. The Bertz CT molecular complexity index is 834. The summed E-state index contributed by atoms with van der Waals surface area (Å²) in [7, 11) is 0. The lowest BCUT2D eigenvalue weighted by Gasteiger charge is -2.15. The third kappa shape index (κ3) is 5.41. The Hall–Kier alpha value is -2.75. The number of alkyl halides is 3. The molecule has 2 heterocycles. The van der Waals surface area contributed by atoms with Crippen LogP contribution < -0.4 is 14.8 Å². The third-order valence-corrected chi connectivity index (χ3v) is 4.32. The predicted molar refractivity (Wildman–Crippen MR) is 96.7 cm³/mol. The summed E-state index contributed by atoms with van der Waals surface area (Å²) in [6, 6.07) is 6.85. The fraction of sp³-hybridized carbons (Fsp3) is 0.474. The van der Waals surface area contributed by atoms with Gasteiger partial charge in [-0.1, -0.05) is 0 Å². The van der Waals surface area contributed by atoms with Gasteiger partial charge in [0.25, 0.3) is 5.91 Å². The molecular formula is C19H22F3N3O4. The number of amides is 1. The topological polar surface area (TPSA) is 74.6 Å². The smallest absolute Gasteiger partial charge is 0.435 e. The summed E-state index contributed by atoms with van der Waals surface area (Å²) < 4.78 is 56.6. The van der Waals surface area contributed by atoms with Crippen LogP contribution in [-0.2, 0) is 35.3 Å². The van der Waals surface area contributed by atoms with E-state index in [4.69, 9.17) is 14.2 Å². The molecule has 0 aliphatic carbocycles. The van der Waals surface area contributed by atoms with E-state index in [-0.39, 0.29) is 37.8 Å². The largest absolute Gasteiger partial charge is 0.494 e. The molecule has 7 nitrogen and oxygen atoms in total. The number of fused-ring (bicyclic) bond motifs is 1. The van der Waals surface area contributed by atoms with E-state index in [2.05, 4.69) is 10.4 Å². The van der Waals surface area contributed by atoms with Crippen LogP contribution in [0.25, 0.3) is 0 Å². The van der Waals surface area contributed by atoms with Gasteiger partial charge in [-0.2, -0.15) is 18.3 Å². The Morgan fingerprint density at radius 2 is 1.93 bits per heavy atom. The maximum Gasteiger partial charge on any atom is 0.435 e. The lowest BCUT2D eigenvalue weighted by Crippen LogP contribution is -2.32. The first-order chi connectivity index (χ1) is 13.9. The quantitative estimate of drug-likeness (QED) is 0.720. The van der Waals surface area contributed by atoms with Gasteiger partial charge in [0.2, 0.25) is 0 Å². The molecule has 1 aliphatic heterocycles. The number of nitrogens with zero attached hydrogens (tertiary/aromatic N) is 2. The monoisotopic (exact) mass is 413 g/mol. The van der Waals surface area contributed by atoms with Crippen molar-refractivity contribution in [2.75, 3.05) is 26.4 Å². The Kier molecular flexibility index (Phi) is 6.63. The first-order valence-electron chi connectivity index (χ1n) is 9.24. The van der Waals surface area contributed by atoms with Gasteiger partial charge < -0.3 is 19.5 Å². The summed E-state index contributed by atoms with van der Waals surface area (Å²) in [5.41, 5.74) is -0.338. The summed E-state index contributed by atoms with van der Waals surface area (Å²) in [4.78, 5) is 11.9. The van der Waals surface area contributed by atoms with Gasteiger partial charge in [-0.3, -0.25) is 9.48 Å². The van der Waals surface area contributed by atoms with Crippen LogP contribution in [0.15, 0.2) is 24.3 Å². The number of carbonyl (C=O) groups excluding carboxylic acids is 1. The molecule has 0 fully saturated rings. The summed E-state index contributed by atoms with van der Waals surface area (Å²) in [6.07, 6.45) is -4.18. The maximum absolute atomic E-state index is 13.1. The second-order valence-corrected chi connectivity index (χ2v) is 6.34. The average molecular weight is 413 g/mol. The van der Waals surface area contributed by atoms with E-state index in [0.717, 1.165) is 0 Å². The summed E-state index contributed by atoms with van der Waals surface area (Å²) >= 11 is 0. The van der Waals surface area contributed by atoms with Crippen molar-refractivity contribution in [2.45, 2.75) is 32.7 Å². The minimum Gasteiger partial charge on any atom is -0.494 e. The van der Waals surface area contributed by atoms with E-state index in [1.165, 1.54) is 4.68 Å². The van der Waals surface area contributed by atoms with Crippen molar-refractivity contribution >= 4 is 5.91 Å². The first-order valence-corrected chi connectivity index (χ1v) is 9.24. The average Bonchev–Trinajstić information content (AvgIpc) is 3.07. The minimum atomic E-state index is -4.54. The van der Waals surface area contributed by atoms with Crippen LogP contribution in [0, 0.1) is 0 Å². The van der Waals surface area contributed by atoms with E-state index in [1.807, 2.05) is 6.92 Å². The number of hydrogen-bond acceptors (Lipinski definition) is 5. The molecule has 0 unspecified atom stereocenters. The summed E-state index contributed by atoms with van der Waals surface area (Å²) in [5, 5.41) is 6.32. The van der Waals surface area contributed by atoms with Gasteiger partial charge in [0.15, 0.2) is 12.3 Å². The van der Waals surface area contributed by atoms with Gasteiger partial charge in [0, 0.05) is 24.2 Å². The fourth-order valence-electron chi connectivity index (χ4n) is 3.02. The lowest BCUT2D eigenvalue weighted by molar-refractivity contribution is -0.142. The first kappa shape index (κ1) is 21.0. The van der Waals surface area contributed by atoms with Gasteiger partial charge in [0.1, 0.15) is 11.5 Å². The van der Waals surface area contributed by atoms with Crippen LogP contribution in [-0.4, -0.2) is 42.1 Å². The molecule has 0 bridgehead atoms. The molecule has 1 amide bonds. The number of nitrogens with one attached hydrogen (secondary N) is 1. The van der Waals surface area contributed by atoms with Gasteiger partial charge in [-0.25, -0.2) is 0 Å². The molecule has 0 spiro atoms. The molecule has 0 atom stereocenters. The SMILES string of the molecule is CCOc1ccc(OCC(=O)NCCn2nc(C(F)(F)F)c3c2CCOC3)cc1. The van der Waals surface area contributed by atoms with E-state index in [1.54, 1.807) is 24.3 Å². The number of ether oxygens (including phenoxy) is 3. The van der Waals surface area contributed by atoms with E-state index in [9.17, 15) is 18.0 Å². The highest BCUT2D eigenvalue weighted by Gasteiger charge is 2.39. The highest BCUT2D eigenvalue weighted by molar-refractivity contribution is 5.77. The molecule has 1 aromatic heterocycles. The Morgan fingerprint density at radius 1 is 1.24 bits per heavy atom. The van der Waals surface area contributed by atoms with Crippen molar-refractivity contribution in [1.29, 1.82) is 0 Å². The highest BCUT2D eigenvalue weighted by atomic mass is 19.4. The zero-order chi connectivity index (χ0) is 20.9. The molecule has 1 aliphatic rings. The van der Waals surface area contributed by atoms with Crippen LogP contribution >= 0.6 is 0 Å². The summed E-state index contributed by atoms with van der Waals surface area (Å²) in [6.45, 7) is 2.74. The van der Waals surface area contributed by atoms with Crippen LogP contribution in [0.2, 0.25) is 0 Å². The molecule has 1 aromatic carbocycles. The van der Waals surface area contributed by atoms with E-state index < -0.39 is 11.9 Å². The van der Waals surface area contributed by atoms with Gasteiger partial charge in [-0.15, -0.1) is 0 Å². The molecule has 0 saturated carbocycles. The zero-order valence-corrected chi connectivity index (χ0v) is 15.9. The molecule has 158 valence electrons. The van der Waals surface area contributed by atoms with Crippen LogP contribution in [0.3, 0.4) is 0 Å². The summed E-state index contributed by atoms with van der Waals surface area (Å²) in [5.74, 6) is 0.842.